The molecule has 2 aromatic rings. The van der Waals surface area contributed by atoms with E-state index in [1.54, 1.807) is 17.0 Å². The summed E-state index contributed by atoms with van der Waals surface area (Å²) in [6, 6.07) is 15.0. The van der Waals surface area contributed by atoms with Crippen LogP contribution in [-0.2, 0) is 4.79 Å². The van der Waals surface area contributed by atoms with E-state index in [0.29, 0.717) is 18.0 Å². The van der Waals surface area contributed by atoms with Crippen LogP contribution in [0, 0.1) is 0 Å². The number of benzene rings is 2. The van der Waals surface area contributed by atoms with Gasteiger partial charge in [0, 0.05) is 17.8 Å². The second-order valence-electron chi connectivity index (χ2n) is 5.13. The van der Waals surface area contributed by atoms with Gasteiger partial charge in [-0.2, -0.15) is 0 Å². The van der Waals surface area contributed by atoms with E-state index in [2.05, 4.69) is 0 Å². The minimum Gasteiger partial charge on any atom is -0.474 e. The highest BCUT2D eigenvalue weighted by molar-refractivity contribution is 6.01. The second kappa shape index (κ2) is 5.48. The Morgan fingerprint density at radius 1 is 1.19 bits per heavy atom. The summed E-state index contributed by atoms with van der Waals surface area (Å²) in [5.41, 5.74) is 8.09. The lowest BCUT2D eigenvalue weighted by atomic mass is 10.0. The van der Waals surface area contributed by atoms with Crippen molar-refractivity contribution in [2.45, 2.75) is 19.4 Å². The van der Waals surface area contributed by atoms with Crippen LogP contribution in [0.5, 0.6) is 5.75 Å². The third-order valence-electron chi connectivity index (χ3n) is 3.56. The molecule has 1 heterocycles. The lowest BCUT2D eigenvalue weighted by Gasteiger charge is -2.34. The molecule has 0 bridgehead atoms. The Balaban J connectivity index is 2.04. The summed E-state index contributed by atoms with van der Waals surface area (Å²) in [7, 11) is 0. The minimum absolute atomic E-state index is 0.0406. The highest BCUT2D eigenvalue weighted by Gasteiger charge is 2.35. The summed E-state index contributed by atoms with van der Waals surface area (Å²) in [5, 5.41) is 0. The van der Waals surface area contributed by atoms with Crippen molar-refractivity contribution in [1.29, 1.82) is 0 Å². The number of hydrogen-bond acceptors (Lipinski definition) is 3. The average molecular weight is 282 g/mol. The van der Waals surface area contributed by atoms with Gasteiger partial charge in [-0.15, -0.1) is 0 Å². The Bertz CT molecular complexity index is 655. The molecule has 108 valence electrons. The molecule has 3 rings (SSSR count). The molecule has 2 aromatic carbocycles. The Labute approximate surface area is 124 Å². The standard InChI is InChI=1S/C17H18N2O2/c1-2-10-19-14-11-13(18)8-9-15(14)21-16(17(19)20)12-6-4-3-5-7-12/h3-9,11,16H,2,10,18H2,1H3. The maximum absolute atomic E-state index is 12.8. The molecule has 0 aliphatic carbocycles. The molecule has 0 radical (unpaired) electrons. The van der Waals surface area contributed by atoms with E-state index in [4.69, 9.17) is 10.5 Å². The van der Waals surface area contributed by atoms with E-state index >= 15 is 0 Å². The Morgan fingerprint density at radius 3 is 2.67 bits per heavy atom. The van der Waals surface area contributed by atoms with E-state index < -0.39 is 6.10 Å². The first-order chi connectivity index (χ1) is 10.2. The van der Waals surface area contributed by atoms with Crippen LogP contribution in [0.1, 0.15) is 25.0 Å². The topological polar surface area (TPSA) is 55.6 Å². The van der Waals surface area contributed by atoms with E-state index in [-0.39, 0.29) is 5.91 Å². The molecule has 21 heavy (non-hydrogen) atoms. The van der Waals surface area contributed by atoms with Crippen molar-refractivity contribution >= 4 is 17.3 Å². The van der Waals surface area contributed by atoms with Crippen LogP contribution in [0.15, 0.2) is 48.5 Å². The molecule has 0 aromatic heterocycles. The molecule has 2 N–H and O–H groups in total. The van der Waals surface area contributed by atoms with Crippen LogP contribution in [0.4, 0.5) is 11.4 Å². The van der Waals surface area contributed by atoms with Crippen molar-refractivity contribution in [3.8, 4) is 5.75 Å². The summed E-state index contributed by atoms with van der Waals surface area (Å²) >= 11 is 0. The molecule has 1 aliphatic rings. The van der Waals surface area contributed by atoms with Gasteiger partial charge in [0.05, 0.1) is 5.69 Å². The molecule has 1 atom stereocenters. The van der Waals surface area contributed by atoms with Gasteiger partial charge in [0.1, 0.15) is 5.75 Å². The first kappa shape index (κ1) is 13.5. The van der Waals surface area contributed by atoms with Gasteiger partial charge >= 0.3 is 0 Å². The van der Waals surface area contributed by atoms with Gasteiger partial charge in [0.25, 0.3) is 5.91 Å². The van der Waals surface area contributed by atoms with Crippen molar-refractivity contribution in [1.82, 2.24) is 0 Å². The fourth-order valence-corrected chi connectivity index (χ4v) is 2.58. The van der Waals surface area contributed by atoms with Crippen LogP contribution in [0.3, 0.4) is 0 Å². The minimum atomic E-state index is -0.589. The third-order valence-corrected chi connectivity index (χ3v) is 3.56. The Hall–Kier alpha value is -2.49. The van der Waals surface area contributed by atoms with Crippen molar-refractivity contribution in [3.05, 3.63) is 54.1 Å². The van der Waals surface area contributed by atoms with E-state index in [1.807, 2.05) is 43.3 Å². The number of nitrogens with zero attached hydrogens (tertiary/aromatic N) is 1. The fraction of sp³-hybridized carbons (Fsp3) is 0.235. The molecule has 1 amide bonds. The largest absolute Gasteiger partial charge is 0.474 e. The molecule has 0 saturated carbocycles. The lowest BCUT2D eigenvalue weighted by molar-refractivity contribution is -0.126. The van der Waals surface area contributed by atoms with Crippen molar-refractivity contribution in [2.24, 2.45) is 0 Å². The number of amides is 1. The smallest absolute Gasteiger partial charge is 0.272 e. The van der Waals surface area contributed by atoms with Gasteiger partial charge in [-0.25, -0.2) is 0 Å². The Kier molecular flexibility index (Phi) is 3.52. The van der Waals surface area contributed by atoms with Gasteiger partial charge in [0.2, 0.25) is 6.10 Å². The van der Waals surface area contributed by atoms with Gasteiger partial charge in [0.15, 0.2) is 0 Å². The van der Waals surface area contributed by atoms with E-state index in [9.17, 15) is 4.79 Å². The predicted molar refractivity (Wildman–Crippen MR) is 83.3 cm³/mol. The number of ether oxygens (including phenoxy) is 1. The van der Waals surface area contributed by atoms with E-state index in [1.165, 1.54) is 0 Å². The van der Waals surface area contributed by atoms with Crippen molar-refractivity contribution in [3.63, 3.8) is 0 Å². The first-order valence-electron chi connectivity index (χ1n) is 7.13. The summed E-state index contributed by atoms with van der Waals surface area (Å²) in [6.45, 7) is 2.70. The zero-order valence-corrected chi connectivity index (χ0v) is 12.0. The van der Waals surface area contributed by atoms with E-state index in [0.717, 1.165) is 17.7 Å². The monoisotopic (exact) mass is 282 g/mol. The first-order valence-corrected chi connectivity index (χ1v) is 7.13. The molecular weight excluding hydrogens is 264 g/mol. The fourth-order valence-electron chi connectivity index (χ4n) is 2.58. The number of nitrogen functional groups attached to an aromatic ring is 1. The average Bonchev–Trinajstić information content (AvgIpc) is 2.51. The highest BCUT2D eigenvalue weighted by Crippen LogP contribution is 2.39. The summed E-state index contributed by atoms with van der Waals surface area (Å²) < 4.78 is 5.92. The molecular formula is C17H18N2O2. The number of hydrogen-bond donors (Lipinski definition) is 1. The number of nitrogens with two attached hydrogens (primary N) is 1. The summed E-state index contributed by atoms with van der Waals surface area (Å²) in [5.74, 6) is 0.659. The number of carbonyl (C=O) groups excluding carboxylic acids is 1. The van der Waals surface area contributed by atoms with Crippen LogP contribution < -0.4 is 15.4 Å². The number of carbonyl (C=O) groups is 1. The van der Waals surface area contributed by atoms with Crippen LogP contribution in [-0.4, -0.2) is 12.5 Å². The number of rotatable bonds is 3. The Morgan fingerprint density at radius 2 is 1.95 bits per heavy atom. The maximum atomic E-state index is 12.8. The maximum Gasteiger partial charge on any atom is 0.272 e. The number of anilines is 2. The molecule has 0 spiro atoms. The molecule has 0 saturated heterocycles. The molecule has 4 heteroatoms. The summed E-state index contributed by atoms with van der Waals surface area (Å²) in [6.07, 6.45) is 0.287. The number of fused-ring (bicyclic) bond motifs is 1. The van der Waals surface area contributed by atoms with Gasteiger partial charge in [-0.3, -0.25) is 4.79 Å². The zero-order valence-electron chi connectivity index (χ0n) is 12.0. The lowest BCUT2D eigenvalue weighted by Crippen LogP contribution is -2.41. The molecule has 1 unspecified atom stereocenters. The zero-order chi connectivity index (χ0) is 14.8. The van der Waals surface area contributed by atoms with Crippen molar-refractivity contribution < 1.29 is 9.53 Å². The SMILES string of the molecule is CCCN1C(=O)C(c2ccccc2)Oc2ccc(N)cc21. The molecule has 1 aliphatic heterocycles. The normalized spacial score (nSPS) is 17.3. The molecule has 4 nitrogen and oxygen atoms in total. The van der Waals surface area contributed by atoms with Gasteiger partial charge in [-0.05, 0) is 24.6 Å². The quantitative estimate of drug-likeness (QED) is 0.880. The molecule has 0 fully saturated rings. The third kappa shape index (κ3) is 2.44. The van der Waals surface area contributed by atoms with Gasteiger partial charge in [-0.1, -0.05) is 37.3 Å². The van der Waals surface area contributed by atoms with Crippen LogP contribution in [0.2, 0.25) is 0 Å². The predicted octanol–water partition coefficient (Wildman–Crippen LogP) is 3.15. The van der Waals surface area contributed by atoms with Crippen LogP contribution >= 0.6 is 0 Å². The van der Waals surface area contributed by atoms with Crippen LogP contribution in [0.25, 0.3) is 0 Å². The van der Waals surface area contributed by atoms with Gasteiger partial charge < -0.3 is 15.4 Å². The van der Waals surface area contributed by atoms with Crippen molar-refractivity contribution in [2.75, 3.05) is 17.2 Å². The highest BCUT2D eigenvalue weighted by atomic mass is 16.5. The summed E-state index contributed by atoms with van der Waals surface area (Å²) in [4.78, 5) is 14.5. The second-order valence-corrected chi connectivity index (χ2v) is 5.13.